The van der Waals surface area contributed by atoms with Crippen molar-refractivity contribution in [1.29, 1.82) is 5.26 Å². The number of nitrogens with zero attached hydrogens (tertiary/aromatic N) is 1. The third-order valence-corrected chi connectivity index (χ3v) is 7.21. The van der Waals surface area contributed by atoms with Gasteiger partial charge in [0.15, 0.2) is 6.23 Å². The van der Waals surface area contributed by atoms with E-state index in [4.69, 9.17) is 21.4 Å². The molecule has 10 heteroatoms. The number of carbonyl (C=O) groups is 1. The van der Waals surface area contributed by atoms with Gasteiger partial charge in [0.25, 0.3) is 0 Å². The number of hydrogen-bond acceptors (Lipinski definition) is 6. The van der Waals surface area contributed by atoms with Crippen LogP contribution in [-0.2, 0) is 10.2 Å². The zero-order chi connectivity index (χ0) is 27.4. The number of nitriles is 1. The second-order valence-electron chi connectivity index (χ2n) is 10.5. The summed E-state index contributed by atoms with van der Waals surface area (Å²) in [6.45, 7) is 5.73. The fourth-order valence-corrected chi connectivity index (χ4v) is 5.51. The fourth-order valence-electron chi connectivity index (χ4n) is 4.93. The topological polar surface area (TPSA) is 115 Å². The Morgan fingerprint density at radius 2 is 2.08 bits per heavy atom. The van der Waals surface area contributed by atoms with Crippen LogP contribution in [0.2, 0.25) is 5.02 Å². The zero-order valence-electron chi connectivity index (χ0n) is 21.0. The summed E-state index contributed by atoms with van der Waals surface area (Å²) in [5.74, 6) is -1.38. The molecule has 7 nitrogen and oxygen atoms in total. The van der Waals surface area contributed by atoms with E-state index in [1.54, 1.807) is 6.07 Å². The van der Waals surface area contributed by atoms with Crippen LogP contribution < -0.4 is 10.6 Å². The number of nitrogens with one attached hydrogen (secondary N) is 2. The first kappa shape index (κ1) is 29.3. The molecule has 5 atom stereocenters. The van der Waals surface area contributed by atoms with Gasteiger partial charge in [-0.25, -0.2) is 9.18 Å². The highest BCUT2D eigenvalue weighted by Gasteiger charge is 2.60. The number of halogens is 3. The Morgan fingerprint density at radius 3 is 2.68 bits per heavy atom. The minimum atomic E-state index is -1.44. The van der Waals surface area contributed by atoms with E-state index in [0.29, 0.717) is 12.0 Å². The number of ether oxygens (including phenoxy) is 1. The van der Waals surface area contributed by atoms with E-state index in [1.165, 1.54) is 12.1 Å². The second kappa shape index (κ2) is 12.1. The van der Waals surface area contributed by atoms with Gasteiger partial charge in [-0.1, -0.05) is 66.5 Å². The second-order valence-corrected chi connectivity index (χ2v) is 11.9. The molecule has 1 aliphatic rings. The van der Waals surface area contributed by atoms with Gasteiger partial charge in [-0.3, -0.25) is 5.32 Å². The normalized spacial score (nSPS) is 24.4. The summed E-state index contributed by atoms with van der Waals surface area (Å²) < 4.78 is 22.1. The summed E-state index contributed by atoms with van der Waals surface area (Å²) in [7, 11) is 0. The zero-order valence-corrected chi connectivity index (χ0v) is 23.3. The van der Waals surface area contributed by atoms with E-state index < -0.39 is 48.2 Å². The van der Waals surface area contributed by atoms with Gasteiger partial charge in [0.2, 0.25) is 0 Å². The monoisotopic (exact) mass is 595 g/mol. The van der Waals surface area contributed by atoms with Gasteiger partial charge in [-0.05, 0) is 48.1 Å². The molecule has 1 amide bonds. The molecule has 0 unspecified atom stereocenters. The molecule has 0 aliphatic carbocycles. The molecule has 4 N–H and O–H groups in total. The summed E-state index contributed by atoms with van der Waals surface area (Å²) in [6, 6.07) is 13.4. The van der Waals surface area contributed by atoms with E-state index >= 15 is 4.39 Å². The van der Waals surface area contributed by atoms with Gasteiger partial charge >= 0.3 is 6.09 Å². The Balaban J connectivity index is 2.11. The summed E-state index contributed by atoms with van der Waals surface area (Å²) >= 11 is 9.53. The quantitative estimate of drug-likeness (QED) is 0.341. The molecule has 0 spiro atoms. The minimum absolute atomic E-state index is 0.0788. The van der Waals surface area contributed by atoms with E-state index in [9.17, 15) is 15.2 Å². The molecule has 0 saturated carbocycles. The standard InChI is InChI=1S/C27H32BrClFN3O4/c1-26(2,3)13-22-27(15-31,20-8-7-18(29)12-21(20)30)23(16-5-4-6-17(28)11-16)24(33-22)37-25(36)32-10-9-19(35)14-34/h4-8,11-12,19,22-24,33-35H,9-10,13-14H2,1-3H3,(H,32,36)/t19-,22-,23-,24-,27-/m0/s1. The highest BCUT2D eigenvalue weighted by atomic mass is 79.9. The molecule has 2 aromatic rings. The number of carbonyl (C=O) groups excluding carboxylic acids is 1. The molecule has 2 aromatic carbocycles. The lowest BCUT2D eigenvalue weighted by atomic mass is 9.64. The van der Waals surface area contributed by atoms with Crippen molar-refractivity contribution in [3.63, 3.8) is 0 Å². The maximum atomic E-state index is 15.5. The third kappa shape index (κ3) is 6.81. The largest absolute Gasteiger partial charge is 0.430 e. The van der Waals surface area contributed by atoms with E-state index in [-0.39, 0.29) is 29.0 Å². The van der Waals surface area contributed by atoms with Crippen LogP contribution in [0.25, 0.3) is 0 Å². The lowest BCUT2D eigenvalue weighted by Gasteiger charge is -2.37. The van der Waals surface area contributed by atoms with Gasteiger partial charge < -0.3 is 20.3 Å². The number of alkyl carbamates (subject to hydrolysis) is 1. The minimum Gasteiger partial charge on any atom is -0.430 e. The van der Waals surface area contributed by atoms with Crippen molar-refractivity contribution in [2.75, 3.05) is 13.2 Å². The number of aliphatic hydroxyl groups excluding tert-OH is 2. The van der Waals surface area contributed by atoms with Crippen LogP contribution in [0, 0.1) is 22.6 Å². The van der Waals surface area contributed by atoms with Crippen LogP contribution in [0.5, 0.6) is 0 Å². The van der Waals surface area contributed by atoms with Crippen LogP contribution >= 0.6 is 27.5 Å². The maximum Gasteiger partial charge on any atom is 0.408 e. The van der Waals surface area contributed by atoms with Crippen molar-refractivity contribution >= 4 is 33.6 Å². The molecule has 200 valence electrons. The Hall–Kier alpha value is -2.22. The summed E-state index contributed by atoms with van der Waals surface area (Å²) in [5, 5.41) is 35.5. The summed E-state index contributed by atoms with van der Waals surface area (Å²) in [4.78, 5) is 12.8. The lowest BCUT2D eigenvalue weighted by molar-refractivity contribution is 0.0689. The number of rotatable bonds is 8. The van der Waals surface area contributed by atoms with E-state index in [2.05, 4.69) is 32.6 Å². The maximum absolute atomic E-state index is 15.5. The average molecular weight is 597 g/mol. The van der Waals surface area contributed by atoms with Gasteiger partial charge in [-0.2, -0.15) is 5.26 Å². The molecule has 1 fully saturated rings. The highest BCUT2D eigenvalue weighted by molar-refractivity contribution is 9.10. The van der Waals surface area contributed by atoms with Crippen LogP contribution in [0.1, 0.15) is 50.7 Å². The van der Waals surface area contributed by atoms with Crippen molar-refractivity contribution in [2.24, 2.45) is 5.41 Å². The van der Waals surface area contributed by atoms with Crippen LogP contribution in [0.4, 0.5) is 9.18 Å². The Bertz CT molecular complexity index is 1160. The van der Waals surface area contributed by atoms with Crippen LogP contribution in [-0.4, -0.2) is 47.8 Å². The van der Waals surface area contributed by atoms with Crippen LogP contribution in [0.3, 0.4) is 0 Å². The van der Waals surface area contributed by atoms with E-state index in [1.807, 2.05) is 45.0 Å². The Labute approximate surface area is 230 Å². The first-order valence-electron chi connectivity index (χ1n) is 12.0. The number of benzene rings is 2. The average Bonchev–Trinajstić information content (AvgIpc) is 3.10. The first-order valence-corrected chi connectivity index (χ1v) is 13.2. The van der Waals surface area contributed by atoms with Crippen molar-refractivity contribution in [3.05, 3.63) is 68.9 Å². The lowest BCUT2D eigenvalue weighted by Crippen LogP contribution is -2.44. The van der Waals surface area contributed by atoms with Crippen molar-refractivity contribution < 1.29 is 24.1 Å². The summed E-state index contributed by atoms with van der Waals surface area (Å²) in [5.41, 5.74) is -0.838. The van der Waals surface area contributed by atoms with Crippen molar-refractivity contribution in [3.8, 4) is 6.07 Å². The predicted molar refractivity (Wildman–Crippen MR) is 143 cm³/mol. The first-order chi connectivity index (χ1) is 17.4. The van der Waals surface area contributed by atoms with Gasteiger partial charge in [0, 0.05) is 27.6 Å². The van der Waals surface area contributed by atoms with Crippen molar-refractivity contribution in [1.82, 2.24) is 10.6 Å². The van der Waals surface area contributed by atoms with Crippen molar-refractivity contribution in [2.45, 2.75) is 63.3 Å². The SMILES string of the molecule is CC(C)(C)C[C@@H]1N[C@@H](OC(=O)NCC[C@H](O)CO)[C@H](c2cccc(Br)c2)[C@@]1(C#N)c1ccc(Cl)cc1F. The van der Waals surface area contributed by atoms with Gasteiger partial charge in [0.05, 0.1) is 24.7 Å². The van der Waals surface area contributed by atoms with Gasteiger partial charge in [0.1, 0.15) is 11.2 Å². The Morgan fingerprint density at radius 1 is 1.35 bits per heavy atom. The smallest absolute Gasteiger partial charge is 0.408 e. The predicted octanol–water partition coefficient (Wildman–Crippen LogP) is 4.99. The molecular weight excluding hydrogens is 565 g/mol. The molecule has 1 heterocycles. The molecule has 0 radical (unpaired) electrons. The molecule has 0 bridgehead atoms. The third-order valence-electron chi connectivity index (χ3n) is 6.49. The highest BCUT2D eigenvalue weighted by Crippen LogP contribution is 2.52. The number of aliphatic hydroxyl groups is 2. The molecule has 3 rings (SSSR count). The van der Waals surface area contributed by atoms with E-state index in [0.717, 1.165) is 4.47 Å². The fraction of sp³-hybridized carbons (Fsp3) is 0.481. The van der Waals surface area contributed by atoms with Gasteiger partial charge in [-0.15, -0.1) is 0 Å². The molecule has 1 aliphatic heterocycles. The molecule has 1 saturated heterocycles. The molecule has 37 heavy (non-hydrogen) atoms. The van der Waals surface area contributed by atoms with Crippen LogP contribution in [0.15, 0.2) is 46.9 Å². The number of hydrogen-bond donors (Lipinski definition) is 4. The molecular formula is C27H32BrClFN3O4. The molecule has 0 aromatic heterocycles. The number of amides is 1. The Kier molecular flexibility index (Phi) is 9.59. The summed E-state index contributed by atoms with van der Waals surface area (Å²) in [6.07, 6.45) is -2.07.